The van der Waals surface area contributed by atoms with E-state index in [0.29, 0.717) is 18.1 Å². The molecule has 3 rings (SSSR count). The number of hydrogen-bond donors (Lipinski definition) is 1. The summed E-state index contributed by atoms with van der Waals surface area (Å²) in [6.07, 6.45) is 3.08. The predicted octanol–water partition coefficient (Wildman–Crippen LogP) is 3.97. The molecule has 0 saturated heterocycles. The lowest BCUT2D eigenvalue weighted by Gasteiger charge is -2.17. The second-order valence-electron chi connectivity index (χ2n) is 6.05. The number of carbonyl (C=O) groups is 1. The van der Waals surface area contributed by atoms with Crippen LogP contribution in [0.3, 0.4) is 0 Å². The summed E-state index contributed by atoms with van der Waals surface area (Å²) in [6.45, 7) is 3.18. The molecule has 1 aromatic heterocycles. The Morgan fingerprint density at radius 1 is 1.00 bits per heavy atom. The van der Waals surface area contributed by atoms with Gasteiger partial charge in [0.2, 0.25) is 5.95 Å². The van der Waals surface area contributed by atoms with Crippen molar-refractivity contribution in [2.75, 3.05) is 18.9 Å². The first-order valence-corrected chi connectivity index (χ1v) is 8.79. The van der Waals surface area contributed by atoms with Gasteiger partial charge in [-0.25, -0.2) is 9.97 Å². The lowest BCUT2D eigenvalue weighted by atomic mass is 10.2. The van der Waals surface area contributed by atoms with Crippen LogP contribution >= 0.6 is 0 Å². The normalized spacial score (nSPS) is 10.3. The van der Waals surface area contributed by atoms with Crippen molar-refractivity contribution >= 4 is 11.9 Å². The third-order valence-corrected chi connectivity index (χ3v) is 3.90. The molecule has 3 aromatic rings. The number of para-hydroxylation sites is 1. The number of carbonyl (C=O) groups excluding carboxylic acids is 1. The summed E-state index contributed by atoms with van der Waals surface area (Å²) in [5.74, 6) is 1.94. The van der Waals surface area contributed by atoms with Crippen molar-refractivity contribution in [1.29, 1.82) is 0 Å². The molecule has 0 aliphatic rings. The highest BCUT2D eigenvalue weighted by Crippen LogP contribution is 2.21. The van der Waals surface area contributed by atoms with E-state index in [1.54, 1.807) is 24.3 Å². The quantitative estimate of drug-likeness (QED) is 0.689. The number of aromatic nitrogens is 2. The second kappa shape index (κ2) is 8.80. The molecule has 1 heterocycles. The fraction of sp³-hybridized carbons (Fsp3) is 0.190. The van der Waals surface area contributed by atoms with Gasteiger partial charge in [-0.05, 0) is 36.8 Å². The summed E-state index contributed by atoms with van der Waals surface area (Å²) in [7, 11) is 1.76. The standard InChI is InChI=1S/C21H22N4O2/c1-3-22-21-23-13-17(14-24-21)20(26)25(2)15-16-9-11-19(12-10-16)27-18-7-5-4-6-8-18/h4-14H,3,15H2,1-2H3,(H,22,23,24). The van der Waals surface area contributed by atoms with Gasteiger partial charge in [-0.3, -0.25) is 4.79 Å². The van der Waals surface area contributed by atoms with Gasteiger partial charge < -0.3 is 15.0 Å². The summed E-state index contributed by atoms with van der Waals surface area (Å²) < 4.78 is 5.78. The minimum Gasteiger partial charge on any atom is -0.457 e. The maximum absolute atomic E-state index is 12.5. The second-order valence-corrected chi connectivity index (χ2v) is 6.05. The molecule has 0 radical (unpaired) electrons. The minimum atomic E-state index is -0.123. The van der Waals surface area contributed by atoms with Gasteiger partial charge in [-0.2, -0.15) is 0 Å². The predicted molar refractivity (Wildman–Crippen MR) is 105 cm³/mol. The molecule has 0 aliphatic heterocycles. The zero-order chi connectivity index (χ0) is 19.1. The summed E-state index contributed by atoms with van der Waals surface area (Å²) in [6, 6.07) is 17.3. The number of benzene rings is 2. The van der Waals surface area contributed by atoms with Crippen molar-refractivity contribution in [2.24, 2.45) is 0 Å². The first kappa shape index (κ1) is 18.4. The van der Waals surface area contributed by atoms with Gasteiger partial charge >= 0.3 is 0 Å². The lowest BCUT2D eigenvalue weighted by molar-refractivity contribution is 0.0784. The molecular formula is C21H22N4O2. The molecule has 6 nitrogen and oxygen atoms in total. The van der Waals surface area contributed by atoms with Crippen LogP contribution in [0.4, 0.5) is 5.95 Å². The van der Waals surface area contributed by atoms with Crippen LogP contribution in [0.25, 0.3) is 0 Å². The van der Waals surface area contributed by atoms with Crippen LogP contribution in [-0.4, -0.2) is 34.4 Å². The van der Waals surface area contributed by atoms with E-state index < -0.39 is 0 Å². The van der Waals surface area contributed by atoms with Gasteiger partial charge in [0.15, 0.2) is 0 Å². The van der Waals surface area contributed by atoms with Crippen molar-refractivity contribution in [3.8, 4) is 11.5 Å². The number of amides is 1. The van der Waals surface area contributed by atoms with Crippen LogP contribution in [0.2, 0.25) is 0 Å². The average molecular weight is 362 g/mol. The van der Waals surface area contributed by atoms with E-state index in [1.165, 1.54) is 0 Å². The Balaban J connectivity index is 1.59. The Hall–Kier alpha value is -3.41. The van der Waals surface area contributed by atoms with Crippen molar-refractivity contribution in [1.82, 2.24) is 14.9 Å². The molecule has 0 spiro atoms. The van der Waals surface area contributed by atoms with E-state index in [0.717, 1.165) is 23.6 Å². The molecule has 0 fully saturated rings. The summed E-state index contributed by atoms with van der Waals surface area (Å²) in [5, 5.41) is 3.01. The number of anilines is 1. The Kier molecular flexibility index (Phi) is 5.99. The highest BCUT2D eigenvalue weighted by atomic mass is 16.5. The number of nitrogens with one attached hydrogen (secondary N) is 1. The Labute approximate surface area is 158 Å². The van der Waals surface area contributed by atoms with Gasteiger partial charge in [0, 0.05) is 32.5 Å². The van der Waals surface area contributed by atoms with Crippen LogP contribution in [0.1, 0.15) is 22.8 Å². The van der Waals surface area contributed by atoms with Crippen LogP contribution in [0.15, 0.2) is 67.0 Å². The molecule has 6 heteroatoms. The van der Waals surface area contributed by atoms with Gasteiger partial charge in [0.1, 0.15) is 11.5 Å². The maximum atomic E-state index is 12.5. The van der Waals surface area contributed by atoms with Crippen LogP contribution in [0.5, 0.6) is 11.5 Å². The first-order chi connectivity index (χ1) is 13.2. The van der Waals surface area contributed by atoms with Crippen molar-refractivity contribution in [3.05, 3.63) is 78.1 Å². The molecule has 0 bridgehead atoms. The average Bonchev–Trinajstić information content (AvgIpc) is 2.70. The van der Waals surface area contributed by atoms with E-state index in [4.69, 9.17) is 4.74 Å². The van der Waals surface area contributed by atoms with Gasteiger partial charge in [0.25, 0.3) is 5.91 Å². The Morgan fingerprint density at radius 3 is 2.26 bits per heavy atom. The minimum absolute atomic E-state index is 0.123. The fourth-order valence-corrected chi connectivity index (χ4v) is 2.54. The molecule has 1 amide bonds. The highest BCUT2D eigenvalue weighted by molar-refractivity contribution is 5.93. The third-order valence-electron chi connectivity index (χ3n) is 3.90. The summed E-state index contributed by atoms with van der Waals surface area (Å²) in [4.78, 5) is 22.5. The van der Waals surface area contributed by atoms with E-state index >= 15 is 0 Å². The van der Waals surface area contributed by atoms with Gasteiger partial charge in [-0.1, -0.05) is 30.3 Å². The van der Waals surface area contributed by atoms with Crippen LogP contribution in [0, 0.1) is 0 Å². The number of nitrogens with zero attached hydrogens (tertiary/aromatic N) is 3. The summed E-state index contributed by atoms with van der Waals surface area (Å²) >= 11 is 0. The van der Waals surface area contributed by atoms with Gasteiger partial charge in [0.05, 0.1) is 5.56 Å². The Morgan fingerprint density at radius 2 is 1.63 bits per heavy atom. The van der Waals surface area contributed by atoms with E-state index in [2.05, 4.69) is 15.3 Å². The van der Waals surface area contributed by atoms with Crippen molar-refractivity contribution < 1.29 is 9.53 Å². The smallest absolute Gasteiger partial charge is 0.257 e. The topological polar surface area (TPSA) is 67.4 Å². The molecular weight excluding hydrogens is 340 g/mol. The first-order valence-electron chi connectivity index (χ1n) is 8.79. The maximum Gasteiger partial charge on any atom is 0.257 e. The number of ether oxygens (including phenoxy) is 1. The molecule has 0 unspecified atom stereocenters. The van der Waals surface area contributed by atoms with Crippen LogP contribution < -0.4 is 10.1 Å². The number of hydrogen-bond acceptors (Lipinski definition) is 5. The monoisotopic (exact) mass is 362 g/mol. The molecule has 27 heavy (non-hydrogen) atoms. The molecule has 0 saturated carbocycles. The van der Waals surface area contributed by atoms with Crippen molar-refractivity contribution in [2.45, 2.75) is 13.5 Å². The third kappa shape index (κ3) is 5.04. The lowest BCUT2D eigenvalue weighted by Crippen LogP contribution is -2.26. The van der Waals surface area contributed by atoms with E-state index in [-0.39, 0.29) is 5.91 Å². The van der Waals surface area contributed by atoms with E-state index in [9.17, 15) is 4.79 Å². The van der Waals surface area contributed by atoms with Gasteiger partial charge in [-0.15, -0.1) is 0 Å². The highest BCUT2D eigenvalue weighted by Gasteiger charge is 2.13. The molecule has 0 aliphatic carbocycles. The molecule has 2 aromatic carbocycles. The fourth-order valence-electron chi connectivity index (χ4n) is 2.54. The molecule has 138 valence electrons. The zero-order valence-corrected chi connectivity index (χ0v) is 15.4. The Bertz CT molecular complexity index is 865. The van der Waals surface area contributed by atoms with Crippen molar-refractivity contribution in [3.63, 3.8) is 0 Å². The summed E-state index contributed by atoms with van der Waals surface area (Å²) in [5.41, 5.74) is 1.47. The number of rotatable bonds is 7. The largest absolute Gasteiger partial charge is 0.457 e. The van der Waals surface area contributed by atoms with E-state index in [1.807, 2.05) is 61.5 Å². The molecule has 0 atom stereocenters. The SMILES string of the molecule is CCNc1ncc(C(=O)N(C)Cc2ccc(Oc3ccccc3)cc2)cn1. The zero-order valence-electron chi connectivity index (χ0n) is 15.4. The molecule has 1 N–H and O–H groups in total. The van der Waals surface area contributed by atoms with Crippen LogP contribution in [-0.2, 0) is 6.54 Å².